The van der Waals surface area contributed by atoms with Crippen LogP contribution in [0.4, 0.5) is 0 Å². The molecule has 0 spiro atoms. The largest absolute Gasteiger partial charge is 0.293 e. The lowest BCUT2D eigenvalue weighted by Crippen LogP contribution is -2.25. The highest BCUT2D eigenvalue weighted by molar-refractivity contribution is 7.30. The Balaban J connectivity index is 1.34. The van der Waals surface area contributed by atoms with Gasteiger partial charge < -0.3 is 0 Å². The number of ketones is 2. The number of hydrogen-bond donors (Lipinski definition) is 0. The first-order valence-corrected chi connectivity index (χ1v) is 24.7. The SMILES string of the molecule is CCCCCCc1cc2c(s1)c1c(c3sc(CCCCCC)cc32)=C(c2ccc(-c3sc(C)c4cc(C(=O)CCCC)sc34)s2)C(=O)C=1c1ccc(C)s1. The maximum Gasteiger partial charge on any atom is 0.197 e. The number of fused-ring (bicyclic) bond motifs is 7. The van der Waals surface area contributed by atoms with Crippen LogP contribution in [-0.4, -0.2) is 11.6 Å². The molecule has 7 aromatic rings. The van der Waals surface area contributed by atoms with Gasteiger partial charge in [-0.15, -0.1) is 68.0 Å². The average molecular weight is 825 g/mol. The maximum atomic E-state index is 15.2. The summed E-state index contributed by atoms with van der Waals surface area (Å²) in [5, 5.41) is 6.19. The van der Waals surface area contributed by atoms with Gasteiger partial charge in [0.05, 0.1) is 14.5 Å². The lowest BCUT2D eigenvalue weighted by molar-refractivity contribution is -0.108. The standard InChI is InChI=1S/C46H48O2S6/c1-6-9-12-14-16-28-23-31-32-24-29(17-15-13-10-7-2)52-44(32)41-39(42(48)38(40(41)43(31)51-28)34-20-19-26(4)49-34)35-21-22-36(53-35)46-45-30(27(5)50-46)25-37(54-45)33(47)18-11-8-3/h19-25H,6-18H2,1-5H3. The van der Waals surface area contributed by atoms with Crippen LogP contribution in [0.2, 0.25) is 0 Å². The highest BCUT2D eigenvalue weighted by atomic mass is 32.1. The van der Waals surface area contributed by atoms with E-state index in [1.54, 1.807) is 34.0 Å². The first kappa shape index (κ1) is 38.2. The van der Waals surface area contributed by atoms with Gasteiger partial charge in [-0.3, -0.25) is 9.59 Å². The third-order valence-corrected chi connectivity index (χ3v) is 17.9. The summed E-state index contributed by atoms with van der Waals surface area (Å²) in [5.41, 5.74) is 1.76. The second-order valence-corrected chi connectivity index (χ2v) is 21.7. The molecule has 1 aliphatic carbocycles. The van der Waals surface area contributed by atoms with Crippen LogP contribution in [0.15, 0.2) is 42.5 Å². The summed E-state index contributed by atoms with van der Waals surface area (Å²) >= 11 is 10.8. The van der Waals surface area contributed by atoms with Crippen LogP contribution in [-0.2, 0) is 17.6 Å². The number of carbonyl (C=O) groups is 2. The topological polar surface area (TPSA) is 34.1 Å². The second-order valence-electron chi connectivity index (χ2n) is 14.8. The molecule has 0 unspecified atom stereocenters. The van der Waals surface area contributed by atoms with E-state index < -0.39 is 0 Å². The van der Waals surface area contributed by atoms with Gasteiger partial charge in [-0.1, -0.05) is 65.7 Å². The fraction of sp³-hybridized carbons (Fsp3) is 0.391. The van der Waals surface area contributed by atoms with E-state index >= 15 is 4.79 Å². The number of aryl methyl sites for hydroxylation is 4. The van der Waals surface area contributed by atoms with Crippen LogP contribution in [0.3, 0.4) is 0 Å². The van der Waals surface area contributed by atoms with Crippen molar-refractivity contribution in [3.8, 4) is 9.75 Å². The van der Waals surface area contributed by atoms with Crippen LogP contribution >= 0.6 is 68.0 Å². The molecule has 0 N–H and O–H groups in total. The molecule has 6 aromatic heterocycles. The first-order valence-electron chi connectivity index (χ1n) is 19.8. The van der Waals surface area contributed by atoms with E-state index in [0.717, 1.165) is 56.7 Å². The number of Topliss-reactive ketones (excluding diaryl/α,β-unsaturated/α-hetero) is 2. The van der Waals surface area contributed by atoms with Crippen molar-refractivity contribution in [2.75, 3.05) is 0 Å². The van der Waals surface area contributed by atoms with Gasteiger partial charge in [0.2, 0.25) is 0 Å². The van der Waals surface area contributed by atoms with Crippen molar-refractivity contribution < 1.29 is 9.59 Å². The number of rotatable bonds is 17. The molecule has 54 heavy (non-hydrogen) atoms. The van der Waals surface area contributed by atoms with Crippen molar-refractivity contribution >= 4 is 121 Å². The summed E-state index contributed by atoms with van der Waals surface area (Å²) in [6.07, 6.45) is 14.7. The van der Waals surface area contributed by atoms with Gasteiger partial charge in [0, 0.05) is 87.7 Å². The Morgan fingerprint density at radius 1 is 0.556 bits per heavy atom. The zero-order valence-electron chi connectivity index (χ0n) is 32.0. The summed E-state index contributed by atoms with van der Waals surface area (Å²) in [6.45, 7) is 11.0. The molecule has 6 heterocycles. The zero-order chi connectivity index (χ0) is 37.5. The maximum absolute atomic E-state index is 15.2. The van der Waals surface area contributed by atoms with E-state index in [1.165, 1.54) is 116 Å². The molecule has 1 aliphatic rings. The predicted molar refractivity (Wildman–Crippen MR) is 243 cm³/mol. The Kier molecular flexibility index (Phi) is 11.6. The van der Waals surface area contributed by atoms with Gasteiger partial charge in [-0.05, 0) is 88.4 Å². The Labute approximate surface area is 342 Å². The molecule has 0 aliphatic heterocycles. The summed E-state index contributed by atoms with van der Waals surface area (Å²) in [5.74, 6) is 0.418. The normalized spacial score (nSPS) is 13.2. The fourth-order valence-electron chi connectivity index (χ4n) is 7.88. The molecule has 0 radical (unpaired) electrons. The Morgan fingerprint density at radius 3 is 1.70 bits per heavy atom. The minimum atomic E-state index is 0.164. The van der Waals surface area contributed by atoms with E-state index in [-0.39, 0.29) is 11.6 Å². The van der Waals surface area contributed by atoms with Crippen molar-refractivity contribution in [2.24, 2.45) is 0 Å². The molecular weight excluding hydrogens is 777 g/mol. The number of thiophene rings is 6. The Morgan fingerprint density at radius 2 is 1.13 bits per heavy atom. The van der Waals surface area contributed by atoms with Gasteiger partial charge in [0.1, 0.15) is 0 Å². The molecule has 280 valence electrons. The van der Waals surface area contributed by atoms with Gasteiger partial charge in [-0.2, -0.15) is 0 Å². The van der Waals surface area contributed by atoms with Gasteiger partial charge in [0.15, 0.2) is 11.6 Å². The van der Waals surface area contributed by atoms with Crippen LogP contribution in [0.25, 0.3) is 51.2 Å². The van der Waals surface area contributed by atoms with Crippen molar-refractivity contribution in [1.82, 2.24) is 0 Å². The lowest BCUT2D eigenvalue weighted by Gasteiger charge is -2.02. The third kappa shape index (κ3) is 7.09. The van der Waals surface area contributed by atoms with Crippen LogP contribution in [0.5, 0.6) is 0 Å². The van der Waals surface area contributed by atoms with Crippen LogP contribution in [0, 0.1) is 13.8 Å². The van der Waals surface area contributed by atoms with E-state index in [9.17, 15) is 4.79 Å². The van der Waals surface area contributed by atoms with E-state index in [2.05, 4.69) is 77.1 Å². The smallest absolute Gasteiger partial charge is 0.197 e. The molecule has 8 heteroatoms. The van der Waals surface area contributed by atoms with Gasteiger partial charge in [-0.25, -0.2) is 0 Å². The third-order valence-electron chi connectivity index (χ3n) is 10.7. The molecule has 2 nitrogen and oxygen atoms in total. The van der Waals surface area contributed by atoms with E-state index in [1.807, 2.05) is 34.0 Å². The highest BCUT2D eigenvalue weighted by Crippen LogP contribution is 2.47. The van der Waals surface area contributed by atoms with Crippen LogP contribution in [0.1, 0.15) is 130 Å². The Hall–Kier alpha value is -2.72. The quantitative estimate of drug-likeness (QED) is 0.0677. The predicted octanol–water partition coefficient (Wildman–Crippen LogP) is 14.4. The van der Waals surface area contributed by atoms with Gasteiger partial charge >= 0.3 is 0 Å². The summed E-state index contributed by atoms with van der Waals surface area (Å²) in [6, 6.07) is 15.8. The second kappa shape index (κ2) is 16.4. The molecule has 0 atom stereocenters. The Bertz CT molecular complexity index is 2640. The first-order chi connectivity index (χ1) is 26.3. The lowest BCUT2D eigenvalue weighted by atomic mass is 10.1. The monoisotopic (exact) mass is 824 g/mol. The molecule has 0 saturated heterocycles. The highest BCUT2D eigenvalue weighted by Gasteiger charge is 2.32. The molecule has 0 bridgehead atoms. The average Bonchev–Trinajstić information content (AvgIpc) is 4.01. The minimum absolute atomic E-state index is 0.164. The van der Waals surface area contributed by atoms with Crippen molar-refractivity contribution in [1.29, 1.82) is 0 Å². The number of unbranched alkanes of at least 4 members (excludes halogenated alkanes) is 7. The number of carbonyl (C=O) groups excluding carboxylic acids is 2. The molecule has 0 amide bonds. The molecule has 0 saturated carbocycles. The minimum Gasteiger partial charge on any atom is -0.293 e. The zero-order valence-corrected chi connectivity index (χ0v) is 36.9. The molecular formula is C46H48O2S6. The number of benzene rings is 1. The van der Waals surface area contributed by atoms with E-state index in [0.29, 0.717) is 6.42 Å². The van der Waals surface area contributed by atoms with E-state index in [4.69, 9.17) is 0 Å². The summed E-state index contributed by atoms with van der Waals surface area (Å²) in [7, 11) is 0. The summed E-state index contributed by atoms with van der Waals surface area (Å²) in [4.78, 5) is 39.0. The molecule has 1 aromatic carbocycles. The number of hydrogen-bond acceptors (Lipinski definition) is 8. The fourth-order valence-corrected chi connectivity index (χ4v) is 15.1. The molecule has 8 rings (SSSR count). The van der Waals surface area contributed by atoms with Crippen molar-refractivity contribution in [3.05, 3.63) is 87.0 Å². The van der Waals surface area contributed by atoms with Gasteiger partial charge in [0.25, 0.3) is 0 Å². The molecule has 0 fully saturated rings. The van der Waals surface area contributed by atoms with Crippen LogP contribution < -0.4 is 10.4 Å². The summed E-state index contributed by atoms with van der Waals surface area (Å²) < 4.78 is 3.77. The van der Waals surface area contributed by atoms with Crippen molar-refractivity contribution in [2.45, 2.75) is 118 Å². The van der Waals surface area contributed by atoms with Crippen molar-refractivity contribution in [3.63, 3.8) is 0 Å².